The van der Waals surface area contributed by atoms with Crippen LogP contribution in [-0.4, -0.2) is 37.2 Å². The van der Waals surface area contributed by atoms with Crippen molar-refractivity contribution in [3.63, 3.8) is 0 Å². The number of hydrogen-bond donors (Lipinski definition) is 0. The average Bonchev–Trinajstić information content (AvgIpc) is 3.48. The van der Waals surface area contributed by atoms with E-state index in [2.05, 4.69) is 32.9 Å². The van der Waals surface area contributed by atoms with Gasteiger partial charge in [0.2, 0.25) is 0 Å². The van der Waals surface area contributed by atoms with Crippen molar-refractivity contribution < 1.29 is 28.6 Å². The lowest BCUT2D eigenvalue weighted by atomic mass is 10.0. The molecule has 0 aromatic rings. The number of esters is 3. The summed E-state index contributed by atoms with van der Waals surface area (Å²) in [6.45, 7) is 6.69. The van der Waals surface area contributed by atoms with Gasteiger partial charge in [-0.3, -0.25) is 14.4 Å². The SMILES string of the molecule is CCCC/C=C\CCCCCCCC(=O)OCC(COC(=O)CCCCCCCCCCCCCCCCCCCCCCCCCCCCCCCCC)OC(=O)CCCCCCCCCCCCCCCCCCCCCCCCC. The first kappa shape index (κ1) is 81.2. The minimum Gasteiger partial charge on any atom is -0.462 e. The summed E-state index contributed by atoms with van der Waals surface area (Å²) in [4.78, 5) is 38.4. The number of unbranched alkanes of at least 4 members (excludes halogenated alkanes) is 59. The predicted molar refractivity (Wildman–Crippen MR) is 363 cm³/mol. The fourth-order valence-corrected chi connectivity index (χ4v) is 12.0. The molecule has 0 aliphatic rings. The van der Waals surface area contributed by atoms with Crippen LogP contribution < -0.4 is 0 Å². The van der Waals surface area contributed by atoms with Crippen molar-refractivity contribution in [2.24, 2.45) is 0 Å². The zero-order chi connectivity index (χ0) is 59.9. The van der Waals surface area contributed by atoms with E-state index >= 15 is 0 Å². The second kappa shape index (κ2) is 72.6. The van der Waals surface area contributed by atoms with Gasteiger partial charge in [0.15, 0.2) is 6.10 Å². The molecule has 0 aliphatic heterocycles. The summed E-state index contributed by atoms with van der Waals surface area (Å²) in [7, 11) is 0. The van der Waals surface area contributed by atoms with Crippen molar-refractivity contribution in [3.8, 4) is 0 Å². The molecule has 492 valence electrons. The molecule has 0 aromatic heterocycles. The molecule has 0 rings (SSSR count). The summed E-state index contributed by atoms with van der Waals surface area (Å²) in [5, 5.41) is 0. The summed E-state index contributed by atoms with van der Waals surface area (Å²) in [5.41, 5.74) is 0. The molecule has 0 saturated carbocycles. The van der Waals surface area contributed by atoms with Crippen molar-refractivity contribution in [3.05, 3.63) is 12.2 Å². The molecular formula is C77H148O6. The molecule has 6 heteroatoms. The van der Waals surface area contributed by atoms with Crippen LogP contribution in [0.4, 0.5) is 0 Å². The summed E-state index contributed by atoms with van der Waals surface area (Å²) in [6.07, 6.45) is 88.6. The molecule has 6 nitrogen and oxygen atoms in total. The van der Waals surface area contributed by atoms with Crippen molar-refractivity contribution in [2.75, 3.05) is 13.2 Å². The highest BCUT2D eigenvalue weighted by Crippen LogP contribution is 2.20. The van der Waals surface area contributed by atoms with Crippen LogP contribution in [-0.2, 0) is 28.6 Å². The van der Waals surface area contributed by atoms with E-state index in [0.717, 1.165) is 64.2 Å². The van der Waals surface area contributed by atoms with Crippen LogP contribution in [0, 0.1) is 0 Å². The Morgan fingerprint density at radius 2 is 0.410 bits per heavy atom. The average molecular weight is 1170 g/mol. The van der Waals surface area contributed by atoms with Gasteiger partial charge in [-0.15, -0.1) is 0 Å². The maximum absolute atomic E-state index is 13.0. The molecule has 0 fully saturated rings. The monoisotopic (exact) mass is 1170 g/mol. The van der Waals surface area contributed by atoms with E-state index in [-0.39, 0.29) is 31.1 Å². The van der Waals surface area contributed by atoms with Gasteiger partial charge in [-0.2, -0.15) is 0 Å². The van der Waals surface area contributed by atoms with Gasteiger partial charge >= 0.3 is 17.9 Å². The van der Waals surface area contributed by atoms with Crippen LogP contribution >= 0.6 is 0 Å². The second-order valence-corrected chi connectivity index (χ2v) is 26.3. The Bertz CT molecular complexity index is 1300. The molecule has 0 aliphatic carbocycles. The molecule has 0 aromatic carbocycles. The van der Waals surface area contributed by atoms with Crippen molar-refractivity contribution in [1.82, 2.24) is 0 Å². The third kappa shape index (κ3) is 70.8. The lowest BCUT2D eigenvalue weighted by Crippen LogP contribution is -2.30. The Morgan fingerprint density at radius 3 is 0.639 bits per heavy atom. The zero-order valence-corrected chi connectivity index (χ0v) is 56.8. The Kier molecular flexibility index (Phi) is 71.0. The van der Waals surface area contributed by atoms with Gasteiger partial charge in [0.05, 0.1) is 0 Å². The molecular weight excluding hydrogens is 1020 g/mol. The Morgan fingerprint density at radius 1 is 0.229 bits per heavy atom. The normalized spacial score (nSPS) is 12.0. The van der Waals surface area contributed by atoms with Gasteiger partial charge in [0, 0.05) is 19.3 Å². The summed E-state index contributed by atoms with van der Waals surface area (Å²) < 4.78 is 17.0. The highest BCUT2D eigenvalue weighted by atomic mass is 16.6. The number of allylic oxidation sites excluding steroid dienone is 2. The van der Waals surface area contributed by atoms with E-state index < -0.39 is 6.10 Å². The van der Waals surface area contributed by atoms with E-state index in [9.17, 15) is 14.4 Å². The molecule has 83 heavy (non-hydrogen) atoms. The number of ether oxygens (including phenoxy) is 3. The highest BCUT2D eigenvalue weighted by molar-refractivity contribution is 5.71. The summed E-state index contributed by atoms with van der Waals surface area (Å²) in [5.74, 6) is -0.839. The number of carbonyl (C=O) groups excluding carboxylic acids is 3. The van der Waals surface area contributed by atoms with E-state index in [1.54, 1.807) is 0 Å². The van der Waals surface area contributed by atoms with E-state index in [4.69, 9.17) is 14.2 Å². The first-order chi connectivity index (χ1) is 41.0. The third-order valence-corrected chi connectivity index (χ3v) is 17.8. The van der Waals surface area contributed by atoms with Crippen LogP contribution in [0.3, 0.4) is 0 Å². The number of hydrogen-bond acceptors (Lipinski definition) is 6. The van der Waals surface area contributed by atoms with Crippen molar-refractivity contribution in [2.45, 2.75) is 451 Å². The van der Waals surface area contributed by atoms with Gasteiger partial charge in [-0.05, 0) is 38.5 Å². The maximum Gasteiger partial charge on any atom is 0.306 e. The fraction of sp³-hybridized carbons (Fsp3) is 0.935. The molecule has 1 atom stereocenters. The second-order valence-electron chi connectivity index (χ2n) is 26.3. The van der Waals surface area contributed by atoms with Gasteiger partial charge in [0.25, 0.3) is 0 Å². The number of carbonyl (C=O) groups is 3. The van der Waals surface area contributed by atoms with Gasteiger partial charge in [-0.25, -0.2) is 0 Å². The Labute approximate surface area is 520 Å². The first-order valence-corrected chi connectivity index (χ1v) is 38.2. The maximum atomic E-state index is 13.0. The standard InChI is InChI=1S/C77H148O6/c1-4-7-10-13-16-19-22-24-26-28-30-32-34-35-36-37-38-39-40-41-43-44-46-48-50-52-55-58-61-64-67-70-76(79)82-73-74(72-81-75(78)69-66-63-60-57-54-21-18-15-12-9-6-3)83-77(80)71-68-65-62-59-56-53-51-49-47-45-42-33-31-29-27-25-23-20-17-14-11-8-5-2/h15,18,74H,4-14,16-17,19-73H2,1-3H3/b18-15-. The lowest BCUT2D eigenvalue weighted by Gasteiger charge is -2.18. The minimum atomic E-state index is -0.770. The molecule has 0 heterocycles. The zero-order valence-electron chi connectivity index (χ0n) is 56.8. The Hall–Kier alpha value is -1.85. The van der Waals surface area contributed by atoms with Crippen LogP contribution in [0.15, 0.2) is 12.2 Å². The first-order valence-electron chi connectivity index (χ1n) is 38.2. The van der Waals surface area contributed by atoms with Gasteiger partial charge < -0.3 is 14.2 Å². The predicted octanol–water partition coefficient (Wildman–Crippen LogP) is 26.3. The largest absolute Gasteiger partial charge is 0.462 e. The molecule has 0 radical (unpaired) electrons. The van der Waals surface area contributed by atoms with E-state index in [0.29, 0.717) is 19.3 Å². The van der Waals surface area contributed by atoms with Crippen molar-refractivity contribution in [1.29, 1.82) is 0 Å². The number of rotatable bonds is 72. The molecule has 1 unspecified atom stereocenters. The van der Waals surface area contributed by atoms with E-state index in [1.807, 2.05) is 0 Å². The lowest BCUT2D eigenvalue weighted by molar-refractivity contribution is -0.167. The molecule has 0 N–H and O–H groups in total. The fourth-order valence-electron chi connectivity index (χ4n) is 12.0. The van der Waals surface area contributed by atoms with Crippen LogP contribution in [0.5, 0.6) is 0 Å². The third-order valence-electron chi connectivity index (χ3n) is 17.8. The van der Waals surface area contributed by atoms with Crippen LogP contribution in [0.2, 0.25) is 0 Å². The van der Waals surface area contributed by atoms with Crippen LogP contribution in [0.25, 0.3) is 0 Å². The molecule has 0 amide bonds. The summed E-state index contributed by atoms with van der Waals surface area (Å²) in [6, 6.07) is 0. The Balaban J connectivity index is 4.07. The quantitative estimate of drug-likeness (QED) is 0.0261. The van der Waals surface area contributed by atoms with Crippen molar-refractivity contribution >= 4 is 17.9 Å². The minimum absolute atomic E-state index is 0.0657. The molecule has 0 bridgehead atoms. The van der Waals surface area contributed by atoms with Gasteiger partial charge in [0.1, 0.15) is 13.2 Å². The van der Waals surface area contributed by atoms with E-state index in [1.165, 1.54) is 340 Å². The van der Waals surface area contributed by atoms with Crippen LogP contribution in [0.1, 0.15) is 445 Å². The molecule has 0 spiro atoms. The van der Waals surface area contributed by atoms with Gasteiger partial charge in [-0.1, -0.05) is 399 Å². The highest BCUT2D eigenvalue weighted by Gasteiger charge is 2.20. The summed E-state index contributed by atoms with van der Waals surface area (Å²) >= 11 is 0. The smallest absolute Gasteiger partial charge is 0.306 e. The topological polar surface area (TPSA) is 78.9 Å². The molecule has 0 saturated heterocycles.